The van der Waals surface area contributed by atoms with Crippen LogP contribution in [0.15, 0.2) is 71.7 Å². The second-order valence-electron chi connectivity index (χ2n) is 6.04. The van der Waals surface area contributed by atoms with Crippen molar-refractivity contribution in [1.82, 2.24) is 9.88 Å². The summed E-state index contributed by atoms with van der Waals surface area (Å²) in [6.45, 7) is 0.521. The maximum Gasteiger partial charge on any atom is 0.253 e. The van der Waals surface area contributed by atoms with E-state index in [1.165, 1.54) is 6.07 Å². The first-order chi connectivity index (χ1) is 13.0. The minimum Gasteiger partial charge on any atom is -0.483 e. The number of amides is 1. The zero-order valence-corrected chi connectivity index (χ0v) is 15.6. The number of carbonyl (C=O) groups excluding carboxylic acids is 1. The molecule has 0 fully saturated rings. The van der Waals surface area contributed by atoms with E-state index >= 15 is 0 Å². The lowest BCUT2D eigenvalue weighted by Crippen LogP contribution is -2.26. The van der Waals surface area contributed by atoms with Crippen LogP contribution in [0.2, 0.25) is 5.02 Å². The quantitative estimate of drug-likeness (QED) is 0.709. The van der Waals surface area contributed by atoms with E-state index in [0.29, 0.717) is 22.9 Å². The van der Waals surface area contributed by atoms with Crippen LogP contribution in [-0.4, -0.2) is 10.5 Å². The van der Waals surface area contributed by atoms with Crippen molar-refractivity contribution >= 4 is 17.5 Å². The van der Waals surface area contributed by atoms with Crippen molar-refractivity contribution in [3.8, 4) is 5.75 Å². The molecule has 0 spiro atoms. The van der Waals surface area contributed by atoms with Gasteiger partial charge in [-0.25, -0.2) is 0 Å². The van der Waals surface area contributed by atoms with Crippen LogP contribution < -0.4 is 15.5 Å². The minimum atomic E-state index is -0.294. The molecular formula is C21H19ClN2O3. The predicted octanol–water partition coefficient (Wildman–Crippen LogP) is 3.55. The molecule has 0 saturated heterocycles. The molecule has 2 aromatic carbocycles. The number of benzene rings is 2. The predicted molar refractivity (Wildman–Crippen MR) is 105 cm³/mol. The van der Waals surface area contributed by atoms with Gasteiger partial charge in [0.25, 0.3) is 5.91 Å². The highest BCUT2D eigenvalue weighted by molar-refractivity contribution is 6.33. The fourth-order valence-corrected chi connectivity index (χ4v) is 2.80. The van der Waals surface area contributed by atoms with Crippen molar-refractivity contribution in [2.75, 3.05) is 0 Å². The molecule has 3 rings (SSSR count). The van der Waals surface area contributed by atoms with Crippen LogP contribution in [-0.2, 0) is 20.2 Å². The molecule has 6 heteroatoms. The number of hydrogen-bond donors (Lipinski definition) is 1. The minimum absolute atomic E-state index is 0.203. The van der Waals surface area contributed by atoms with E-state index in [1.807, 2.05) is 30.3 Å². The van der Waals surface area contributed by atoms with Crippen LogP contribution in [0.1, 0.15) is 21.6 Å². The molecule has 0 atom stereocenters. The summed E-state index contributed by atoms with van der Waals surface area (Å²) in [6.07, 6.45) is 1.63. The Bertz CT molecular complexity index is 1000. The zero-order valence-electron chi connectivity index (χ0n) is 14.8. The van der Waals surface area contributed by atoms with Crippen molar-refractivity contribution in [3.63, 3.8) is 0 Å². The molecule has 0 saturated carbocycles. The molecule has 0 aliphatic rings. The fourth-order valence-electron chi connectivity index (χ4n) is 2.58. The van der Waals surface area contributed by atoms with Gasteiger partial charge in [0.15, 0.2) is 5.75 Å². The second-order valence-corrected chi connectivity index (χ2v) is 6.45. The first kappa shape index (κ1) is 18.7. The summed E-state index contributed by atoms with van der Waals surface area (Å²) in [5.74, 6) is -0.0278. The summed E-state index contributed by atoms with van der Waals surface area (Å²) < 4.78 is 7.39. The van der Waals surface area contributed by atoms with Gasteiger partial charge >= 0.3 is 0 Å². The Morgan fingerprint density at radius 2 is 1.81 bits per heavy atom. The number of ether oxygens (including phenoxy) is 1. The summed E-state index contributed by atoms with van der Waals surface area (Å²) in [5, 5.41) is 3.16. The van der Waals surface area contributed by atoms with Crippen molar-refractivity contribution < 1.29 is 9.53 Å². The average molecular weight is 383 g/mol. The summed E-state index contributed by atoms with van der Waals surface area (Å²) in [6, 6.07) is 17.9. The lowest BCUT2D eigenvalue weighted by molar-refractivity contribution is 0.0950. The number of pyridine rings is 1. The first-order valence-corrected chi connectivity index (χ1v) is 8.81. The molecule has 0 bridgehead atoms. The summed E-state index contributed by atoms with van der Waals surface area (Å²) in [4.78, 5) is 24.6. The molecule has 0 radical (unpaired) electrons. The second kappa shape index (κ2) is 8.56. The van der Waals surface area contributed by atoms with E-state index in [-0.39, 0.29) is 23.6 Å². The van der Waals surface area contributed by atoms with Crippen LogP contribution >= 0.6 is 11.6 Å². The summed E-state index contributed by atoms with van der Waals surface area (Å²) >= 11 is 6.03. The third kappa shape index (κ3) is 4.77. The Kier molecular flexibility index (Phi) is 5.94. The SMILES string of the molecule is Cn1cc(OCc2ccccc2)c(=O)cc1CNC(=O)c1ccccc1Cl. The Balaban J connectivity index is 1.67. The fraction of sp³-hybridized carbons (Fsp3) is 0.143. The number of carbonyl (C=O) groups is 1. The number of nitrogens with zero attached hydrogens (tertiary/aromatic N) is 1. The molecular weight excluding hydrogens is 364 g/mol. The molecule has 1 aromatic heterocycles. The van der Waals surface area contributed by atoms with Gasteiger partial charge in [0.1, 0.15) is 6.61 Å². The molecule has 1 amide bonds. The smallest absolute Gasteiger partial charge is 0.253 e. The number of hydrogen-bond acceptors (Lipinski definition) is 3. The lowest BCUT2D eigenvalue weighted by atomic mass is 10.2. The number of nitrogens with one attached hydrogen (secondary N) is 1. The molecule has 5 nitrogen and oxygen atoms in total. The Hall–Kier alpha value is -3.05. The zero-order chi connectivity index (χ0) is 19.2. The molecule has 138 valence electrons. The van der Waals surface area contributed by atoms with Gasteiger partial charge in [-0.3, -0.25) is 9.59 Å². The highest BCUT2D eigenvalue weighted by Crippen LogP contribution is 2.15. The van der Waals surface area contributed by atoms with Crippen LogP contribution in [0.4, 0.5) is 0 Å². The van der Waals surface area contributed by atoms with E-state index in [1.54, 1.807) is 42.1 Å². The molecule has 0 unspecified atom stereocenters. The van der Waals surface area contributed by atoms with Gasteiger partial charge in [-0.2, -0.15) is 0 Å². The lowest BCUT2D eigenvalue weighted by Gasteiger charge is -2.13. The van der Waals surface area contributed by atoms with E-state index in [2.05, 4.69) is 5.32 Å². The Morgan fingerprint density at radius 3 is 2.56 bits per heavy atom. The number of halogens is 1. The van der Waals surface area contributed by atoms with Gasteiger partial charge < -0.3 is 14.6 Å². The molecule has 3 aromatic rings. The van der Waals surface area contributed by atoms with Gasteiger partial charge in [0.05, 0.1) is 23.3 Å². The van der Waals surface area contributed by atoms with Gasteiger partial charge in [-0.05, 0) is 17.7 Å². The molecule has 0 aliphatic heterocycles. The normalized spacial score (nSPS) is 10.4. The largest absolute Gasteiger partial charge is 0.483 e. The van der Waals surface area contributed by atoms with Gasteiger partial charge in [-0.1, -0.05) is 54.1 Å². The van der Waals surface area contributed by atoms with Crippen molar-refractivity contribution in [2.45, 2.75) is 13.2 Å². The molecule has 1 heterocycles. The first-order valence-electron chi connectivity index (χ1n) is 8.43. The monoisotopic (exact) mass is 382 g/mol. The Labute approximate surface area is 162 Å². The maximum absolute atomic E-state index is 12.3. The van der Waals surface area contributed by atoms with Crippen LogP contribution in [0.25, 0.3) is 0 Å². The molecule has 1 N–H and O–H groups in total. The van der Waals surface area contributed by atoms with Gasteiger partial charge in [0.2, 0.25) is 5.43 Å². The van der Waals surface area contributed by atoms with Crippen LogP contribution in [0.5, 0.6) is 5.75 Å². The standard InChI is InChI=1S/C21H19ClN2O3/c1-24-13-20(27-14-15-7-3-2-4-8-15)19(25)11-16(24)12-23-21(26)17-9-5-6-10-18(17)22/h2-11,13H,12,14H2,1H3,(H,23,26). The number of rotatable bonds is 6. The summed E-state index contributed by atoms with van der Waals surface area (Å²) in [5.41, 5.74) is 1.81. The topological polar surface area (TPSA) is 60.3 Å². The maximum atomic E-state index is 12.3. The Morgan fingerprint density at radius 1 is 1.11 bits per heavy atom. The van der Waals surface area contributed by atoms with E-state index in [0.717, 1.165) is 5.56 Å². The van der Waals surface area contributed by atoms with E-state index in [4.69, 9.17) is 16.3 Å². The van der Waals surface area contributed by atoms with Crippen LogP contribution in [0, 0.1) is 0 Å². The molecule has 27 heavy (non-hydrogen) atoms. The van der Waals surface area contributed by atoms with Crippen molar-refractivity contribution in [2.24, 2.45) is 7.05 Å². The highest BCUT2D eigenvalue weighted by Gasteiger charge is 2.11. The van der Waals surface area contributed by atoms with Crippen LogP contribution in [0.3, 0.4) is 0 Å². The van der Waals surface area contributed by atoms with E-state index < -0.39 is 0 Å². The third-order valence-corrected chi connectivity index (χ3v) is 4.42. The highest BCUT2D eigenvalue weighted by atomic mass is 35.5. The van der Waals surface area contributed by atoms with Gasteiger partial charge in [0, 0.05) is 18.8 Å². The third-order valence-electron chi connectivity index (χ3n) is 4.09. The van der Waals surface area contributed by atoms with E-state index in [9.17, 15) is 9.59 Å². The number of aromatic nitrogens is 1. The van der Waals surface area contributed by atoms with Crippen molar-refractivity contribution in [1.29, 1.82) is 0 Å². The molecule has 0 aliphatic carbocycles. The average Bonchev–Trinajstić information content (AvgIpc) is 2.68. The van der Waals surface area contributed by atoms with Gasteiger partial charge in [-0.15, -0.1) is 0 Å². The summed E-state index contributed by atoms with van der Waals surface area (Å²) in [7, 11) is 1.80. The number of aryl methyl sites for hydroxylation is 1. The van der Waals surface area contributed by atoms with Crippen molar-refractivity contribution in [3.05, 3.63) is 98.9 Å².